The number of hydrogen-bond acceptors (Lipinski definition) is 3. The fourth-order valence-corrected chi connectivity index (χ4v) is 6.36. The molecule has 3 heterocycles. The lowest BCUT2D eigenvalue weighted by atomic mass is 9.62. The second-order valence-electron chi connectivity index (χ2n) is 10.3. The van der Waals surface area contributed by atoms with Gasteiger partial charge in [-0.05, 0) is 60.8 Å². The third-order valence-electron chi connectivity index (χ3n) is 8.34. The number of carbonyl (C=O) groups is 2. The number of benzene rings is 2. The summed E-state index contributed by atoms with van der Waals surface area (Å²) in [6.45, 7) is 3.01. The fraction of sp³-hybridized carbons (Fsp3) is 0.500. The Morgan fingerprint density at radius 1 is 1.03 bits per heavy atom. The van der Waals surface area contributed by atoms with E-state index in [0.717, 1.165) is 37.7 Å². The SMILES string of the molecule is O=C1CC2(CCN(C(=O)C3(Cc4ccccc4)CCOCC3)CC2)[C@@H](c2cccc(F)c2)CN1. The normalized spacial score (nSPS) is 24.0. The third kappa shape index (κ3) is 4.48. The number of nitrogens with one attached hydrogen (secondary N) is 1. The van der Waals surface area contributed by atoms with E-state index in [1.54, 1.807) is 12.1 Å². The van der Waals surface area contributed by atoms with Crippen LogP contribution in [0, 0.1) is 16.6 Å². The smallest absolute Gasteiger partial charge is 0.229 e. The van der Waals surface area contributed by atoms with E-state index in [-0.39, 0.29) is 29.0 Å². The van der Waals surface area contributed by atoms with Crippen molar-refractivity contribution < 1.29 is 18.7 Å². The minimum Gasteiger partial charge on any atom is -0.381 e. The molecule has 5 nitrogen and oxygen atoms in total. The number of nitrogens with zero attached hydrogens (tertiary/aromatic N) is 1. The number of piperidine rings is 2. The maximum atomic E-state index is 14.0. The van der Waals surface area contributed by atoms with Gasteiger partial charge in [0.15, 0.2) is 0 Å². The van der Waals surface area contributed by atoms with Crippen molar-refractivity contribution >= 4 is 11.8 Å². The summed E-state index contributed by atoms with van der Waals surface area (Å²) in [7, 11) is 0. The minimum absolute atomic E-state index is 0.0532. The van der Waals surface area contributed by atoms with Gasteiger partial charge >= 0.3 is 0 Å². The number of likely N-dealkylation sites (tertiary alicyclic amines) is 1. The molecule has 5 rings (SSSR count). The molecule has 2 aromatic rings. The molecule has 2 aromatic carbocycles. The van der Waals surface area contributed by atoms with Crippen LogP contribution in [-0.4, -0.2) is 49.6 Å². The lowest BCUT2D eigenvalue weighted by molar-refractivity contribution is -0.151. The molecule has 0 bridgehead atoms. The lowest BCUT2D eigenvalue weighted by Gasteiger charge is -2.50. The van der Waals surface area contributed by atoms with Gasteiger partial charge in [0.05, 0.1) is 5.41 Å². The van der Waals surface area contributed by atoms with E-state index in [2.05, 4.69) is 17.4 Å². The third-order valence-corrected chi connectivity index (χ3v) is 8.34. The van der Waals surface area contributed by atoms with Gasteiger partial charge in [-0.25, -0.2) is 4.39 Å². The number of rotatable bonds is 4. The van der Waals surface area contributed by atoms with Gasteiger partial charge in [0.1, 0.15) is 5.82 Å². The Bertz CT molecular complexity index is 1030. The number of carbonyl (C=O) groups excluding carboxylic acids is 2. The van der Waals surface area contributed by atoms with Crippen molar-refractivity contribution in [3.05, 3.63) is 71.5 Å². The molecule has 0 aliphatic carbocycles. The summed E-state index contributed by atoms with van der Waals surface area (Å²) in [6.07, 6.45) is 4.13. The topological polar surface area (TPSA) is 58.6 Å². The average Bonchev–Trinajstić information content (AvgIpc) is 2.85. The van der Waals surface area contributed by atoms with E-state index in [1.807, 2.05) is 29.2 Å². The molecule has 3 fully saturated rings. The summed E-state index contributed by atoms with van der Waals surface area (Å²) in [5.74, 6) is 0.0773. The van der Waals surface area contributed by atoms with Crippen molar-refractivity contribution in [2.45, 2.75) is 44.4 Å². The number of hydrogen-bond donors (Lipinski definition) is 1. The quantitative estimate of drug-likeness (QED) is 0.742. The predicted octanol–water partition coefficient (Wildman–Crippen LogP) is 4.08. The second-order valence-corrected chi connectivity index (χ2v) is 10.3. The Labute approximate surface area is 200 Å². The van der Waals surface area contributed by atoms with Gasteiger partial charge in [-0.15, -0.1) is 0 Å². The van der Waals surface area contributed by atoms with E-state index in [9.17, 15) is 14.0 Å². The highest BCUT2D eigenvalue weighted by atomic mass is 19.1. The first-order chi connectivity index (χ1) is 16.5. The van der Waals surface area contributed by atoms with Gasteiger partial charge in [0, 0.05) is 45.2 Å². The largest absolute Gasteiger partial charge is 0.381 e. The molecule has 6 heteroatoms. The van der Waals surface area contributed by atoms with Gasteiger partial charge in [0.25, 0.3) is 0 Å². The summed E-state index contributed by atoms with van der Waals surface area (Å²) in [5.41, 5.74) is 1.44. The molecule has 0 aromatic heterocycles. The lowest BCUT2D eigenvalue weighted by Crippen LogP contribution is -2.56. The van der Waals surface area contributed by atoms with Crippen molar-refractivity contribution in [1.29, 1.82) is 0 Å². The Kier molecular flexibility index (Phi) is 6.43. The van der Waals surface area contributed by atoms with E-state index in [0.29, 0.717) is 39.3 Å². The molecular formula is C28H33FN2O3. The van der Waals surface area contributed by atoms with Crippen LogP contribution in [0.5, 0.6) is 0 Å². The highest BCUT2D eigenvalue weighted by Crippen LogP contribution is 2.49. The number of halogens is 1. The molecule has 0 unspecified atom stereocenters. The molecule has 0 saturated carbocycles. The van der Waals surface area contributed by atoms with E-state index in [1.165, 1.54) is 11.6 Å². The molecule has 0 radical (unpaired) electrons. The first kappa shape index (κ1) is 23.0. The molecule has 1 atom stereocenters. The van der Waals surface area contributed by atoms with Gasteiger partial charge in [0.2, 0.25) is 11.8 Å². The van der Waals surface area contributed by atoms with Gasteiger partial charge in [-0.2, -0.15) is 0 Å². The Hall–Kier alpha value is -2.73. The van der Waals surface area contributed by atoms with Crippen LogP contribution in [0.3, 0.4) is 0 Å². The van der Waals surface area contributed by atoms with Crippen LogP contribution >= 0.6 is 0 Å². The van der Waals surface area contributed by atoms with Crippen molar-refractivity contribution in [3.63, 3.8) is 0 Å². The van der Waals surface area contributed by atoms with Gasteiger partial charge in [-0.3, -0.25) is 9.59 Å². The van der Waals surface area contributed by atoms with Crippen LogP contribution in [0.4, 0.5) is 4.39 Å². The maximum absolute atomic E-state index is 14.0. The van der Waals surface area contributed by atoms with Crippen LogP contribution in [-0.2, 0) is 20.7 Å². The fourth-order valence-electron chi connectivity index (χ4n) is 6.36. The molecule has 3 saturated heterocycles. The average molecular weight is 465 g/mol. The highest BCUT2D eigenvalue weighted by molar-refractivity contribution is 5.83. The highest BCUT2D eigenvalue weighted by Gasteiger charge is 2.49. The van der Waals surface area contributed by atoms with Crippen molar-refractivity contribution in [1.82, 2.24) is 10.2 Å². The molecular weight excluding hydrogens is 431 g/mol. The van der Waals surface area contributed by atoms with Gasteiger partial charge in [-0.1, -0.05) is 42.5 Å². The maximum Gasteiger partial charge on any atom is 0.229 e. The van der Waals surface area contributed by atoms with Crippen molar-refractivity contribution in [2.75, 3.05) is 32.8 Å². The Morgan fingerprint density at radius 3 is 2.47 bits per heavy atom. The molecule has 1 spiro atoms. The molecule has 3 aliphatic heterocycles. The van der Waals surface area contributed by atoms with Crippen LogP contribution < -0.4 is 5.32 Å². The molecule has 2 amide bonds. The van der Waals surface area contributed by atoms with Crippen molar-refractivity contribution in [3.8, 4) is 0 Å². The molecule has 180 valence electrons. The second kappa shape index (κ2) is 9.49. The summed E-state index contributed by atoms with van der Waals surface area (Å²) in [6, 6.07) is 17.0. The Morgan fingerprint density at radius 2 is 1.76 bits per heavy atom. The molecule has 1 N–H and O–H groups in total. The zero-order valence-corrected chi connectivity index (χ0v) is 19.6. The van der Waals surface area contributed by atoms with E-state index in [4.69, 9.17) is 4.74 Å². The zero-order valence-electron chi connectivity index (χ0n) is 19.6. The summed E-state index contributed by atoms with van der Waals surface area (Å²) >= 11 is 0. The van der Waals surface area contributed by atoms with E-state index >= 15 is 0 Å². The minimum atomic E-state index is -0.435. The van der Waals surface area contributed by atoms with Crippen molar-refractivity contribution in [2.24, 2.45) is 10.8 Å². The molecule has 34 heavy (non-hydrogen) atoms. The first-order valence-electron chi connectivity index (χ1n) is 12.4. The van der Waals surface area contributed by atoms with Crippen LogP contribution in [0.1, 0.15) is 49.1 Å². The summed E-state index contributed by atoms with van der Waals surface area (Å²) in [5, 5.41) is 2.98. The summed E-state index contributed by atoms with van der Waals surface area (Å²) in [4.78, 5) is 28.4. The van der Waals surface area contributed by atoms with Crippen LogP contribution in [0.2, 0.25) is 0 Å². The zero-order chi connectivity index (χ0) is 23.6. The monoisotopic (exact) mass is 464 g/mol. The molecule has 3 aliphatic rings. The first-order valence-corrected chi connectivity index (χ1v) is 12.4. The van der Waals surface area contributed by atoms with E-state index < -0.39 is 5.41 Å². The van der Waals surface area contributed by atoms with Crippen LogP contribution in [0.25, 0.3) is 0 Å². The predicted molar refractivity (Wildman–Crippen MR) is 128 cm³/mol. The van der Waals surface area contributed by atoms with Crippen LogP contribution in [0.15, 0.2) is 54.6 Å². The van der Waals surface area contributed by atoms with Gasteiger partial charge < -0.3 is 15.0 Å². The standard InChI is InChI=1S/C28H33FN2O3/c29-23-8-4-7-22(17-23)24-20-30-25(32)19-27(24)9-13-31(14-10-27)26(33)28(11-15-34-16-12-28)18-21-5-2-1-3-6-21/h1-8,17,24H,9-16,18-20H2,(H,30,32)/t24-/m1/s1. The number of ether oxygens (including phenoxy) is 1. The number of amides is 2. The summed E-state index contributed by atoms with van der Waals surface area (Å²) < 4.78 is 19.6. The Balaban J connectivity index is 1.35.